The van der Waals surface area contributed by atoms with Gasteiger partial charge in [0, 0.05) is 44.6 Å². The maximum atomic E-state index is 12.3. The van der Waals surface area contributed by atoms with Crippen LogP contribution in [-0.2, 0) is 22.6 Å². The maximum absolute atomic E-state index is 12.3. The second-order valence-electron chi connectivity index (χ2n) is 6.18. The molecule has 1 aliphatic rings. The zero-order chi connectivity index (χ0) is 17.6. The van der Waals surface area contributed by atoms with Crippen LogP contribution in [0, 0.1) is 0 Å². The van der Waals surface area contributed by atoms with Gasteiger partial charge >= 0.3 is 0 Å². The topological polar surface area (TPSA) is 54.8 Å². The first-order valence-electron chi connectivity index (χ1n) is 8.44. The number of anilines is 1. The van der Waals surface area contributed by atoms with Crippen LogP contribution in [0.15, 0.2) is 53.5 Å². The molecule has 0 saturated carbocycles. The summed E-state index contributed by atoms with van der Waals surface area (Å²) in [5, 5.41) is 0. The molecule has 2 heterocycles. The van der Waals surface area contributed by atoms with E-state index in [-0.39, 0.29) is 18.0 Å². The number of nitrogens with zero attached hydrogens (tertiary/aromatic N) is 3. The fourth-order valence-electron chi connectivity index (χ4n) is 2.85. The Hall–Kier alpha value is -2.60. The Balaban J connectivity index is 1.58. The van der Waals surface area contributed by atoms with Crippen molar-refractivity contribution in [3.63, 3.8) is 0 Å². The first kappa shape index (κ1) is 17.2. The molecule has 0 atom stereocenters. The molecular weight excluding hydrogens is 318 g/mol. The molecule has 0 N–H and O–H groups in total. The Morgan fingerprint density at radius 1 is 1.12 bits per heavy atom. The highest BCUT2D eigenvalue weighted by Crippen LogP contribution is 2.17. The Bertz CT molecular complexity index is 764. The van der Waals surface area contributed by atoms with E-state index in [1.54, 1.807) is 30.3 Å². The predicted molar refractivity (Wildman–Crippen MR) is 96.7 cm³/mol. The summed E-state index contributed by atoms with van der Waals surface area (Å²) in [5.41, 5.74) is 2.07. The molecular formula is C19H23N3O3. The van der Waals surface area contributed by atoms with Gasteiger partial charge in [0.15, 0.2) is 0 Å². The molecule has 1 amide bonds. The number of ether oxygens (including phenoxy) is 1. The van der Waals surface area contributed by atoms with Gasteiger partial charge in [0.2, 0.25) is 5.91 Å². The van der Waals surface area contributed by atoms with Crippen LogP contribution in [0.25, 0.3) is 0 Å². The summed E-state index contributed by atoms with van der Waals surface area (Å²) >= 11 is 0. The number of carbonyl (C=O) groups excluding carboxylic acids is 1. The molecule has 6 heteroatoms. The molecule has 0 bridgehead atoms. The summed E-state index contributed by atoms with van der Waals surface area (Å²) in [6, 6.07) is 13.1. The lowest BCUT2D eigenvalue weighted by Gasteiger charge is -2.29. The van der Waals surface area contributed by atoms with Gasteiger partial charge in [-0.25, -0.2) is 0 Å². The minimum atomic E-state index is -0.167. The average molecular weight is 341 g/mol. The van der Waals surface area contributed by atoms with Crippen LogP contribution in [0.4, 0.5) is 5.69 Å². The van der Waals surface area contributed by atoms with Gasteiger partial charge in [-0.15, -0.1) is 0 Å². The van der Waals surface area contributed by atoms with E-state index in [0.717, 1.165) is 31.9 Å². The highest BCUT2D eigenvalue weighted by molar-refractivity contribution is 5.75. The van der Waals surface area contributed by atoms with Crippen LogP contribution in [0.2, 0.25) is 0 Å². The van der Waals surface area contributed by atoms with Crippen molar-refractivity contribution >= 4 is 11.6 Å². The normalized spacial score (nSPS) is 14.4. The molecule has 1 aliphatic heterocycles. The van der Waals surface area contributed by atoms with Gasteiger partial charge in [-0.3, -0.25) is 9.59 Å². The van der Waals surface area contributed by atoms with E-state index in [1.807, 2.05) is 12.1 Å². The number of hydrogen-bond donors (Lipinski definition) is 0. The van der Waals surface area contributed by atoms with Crippen LogP contribution >= 0.6 is 0 Å². The largest absolute Gasteiger partial charge is 0.378 e. The lowest BCUT2D eigenvalue weighted by atomic mass is 10.1. The molecule has 132 valence electrons. The monoisotopic (exact) mass is 341 g/mol. The number of carbonyl (C=O) groups is 1. The van der Waals surface area contributed by atoms with Crippen molar-refractivity contribution in [1.29, 1.82) is 0 Å². The van der Waals surface area contributed by atoms with E-state index >= 15 is 0 Å². The molecule has 0 radical (unpaired) electrons. The van der Waals surface area contributed by atoms with Crippen molar-refractivity contribution < 1.29 is 9.53 Å². The number of hydrogen-bond acceptors (Lipinski definition) is 4. The van der Waals surface area contributed by atoms with Gasteiger partial charge in [0.1, 0.15) is 6.54 Å². The molecule has 0 unspecified atom stereocenters. The third kappa shape index (κ3) is 4.48. The fourth-order valence-corrected chi connectivity index (χ4v) is 2.85. The molecule has 1 aromatic carbocycles. The second kappa shape index (κ2) is 7.98. The van der Waals surface area contributed by atoms with Crippen LogP contribution in [-0.4, -0.2) is 48.7 Å². The van der Waals surface area contributed by atoms with Crippen molar-refractivity contribution in [2.24, 2.45) is 0 Å². The lowest BCUT2D eigenvalue weighted by molar-refractivity contribution is -0.131. The SMILES string of the molecule is CN(Cc1ccc(N2CCOCC2)cc1)C(=O)Cn1ccccc1=O. The Kier molecular flexibility index (Phi) is 5.50. The summed E-state index contributed by atoms with van der Waals surface area (Å²) in [4.78, 5) is 28.0. The van der Waals surface area contributed by atoms with E-state index in [9.17, 15) is 9.59 Å². The highest BCUT2D eigenvalue weighted by atomic mass is 16.5. The van der Waals surface area contributed by atoms with Crippen molar-refractivity contribution in [2.45, 2.75) is 13.1 Å². The average Bonchev–Trinajstić information content (AvgIpc) is 2.65. The zero-order valence-corrected chi connectivity index (χ0v) is 14.4. The molecule has 0 aliphatic carbocycles. The second-order valence-corrected chi connectivity index (χ2v) is 6.18. The molecule has 1 fully saturated rings. The Labute approximate surface area is 147 Å². The fraction of sp³-hybridized carbons (Fsp3) is 0.368. The van der Waals surface area contributed by atoms with Gasteiger partial charge in [0.25, 0.3) is 5.56 Å². The predicted octanol–water partition coefficient (Wildman–Crippen LogP) is 1.34. The minimum absolute atomic E-state index is 0.0576. The van der Waals surface area contributed by atoms with Gasteiger partial charge in [0.05, 0.1) is 13.2 Å². The molecule has 6 nitrogen and oxygen atoms in total. The van der Waals surface area contributed by atoms with E-state index in [1.165, 1.54) is 16.3 Å². The van der Waals surface area contributed by atoms with Crippen LogP contribution in [0.3, 0.4) is 0 Å². The molecule has 2 aromatic rings. The molecule has 1 aromatic heterocycles. The Morgan fingerprint density at radius 2 is 1.84 bits per heavy atom. The summed E-state index contributed by atoms with van der Waals surface area (Å²) in [7, 11) is 1.76. The van der Waals surface area contributed by atoms with Gasteiger partial charge < -0.3 is 19.1 Å². The highest BCUT2D eigenvalue weighted by Gasteiger charge is 2.13. The van der Waals surface area contributed by atoms with Gasteiger partial charge in [-0.2, -0.15) is 0 Å². The van der Waals surface area contributed by atoms with Crippen LogP contribution in [0.5, 0.6) is 0 Å². The van der Waals surface area contributed by atoms with Crippen molar-refractivity contribution in [3.05, 3.63) is 64.6 Å². The van der Waals surface area contributed by atoms with Crippen LogP contribution in [0.1, 0.15) is 5.56 Å². The number of morpholine rings is 1. The third-order valence-corrected chi connectivity index (χ3v) is 4.36. The zero-order valence-electron chi connectivity index (χ0n) is 14.4. The minimum Gasteiger partial charge on any atom is -0.378 e. The van der Waals surface area contributed by atoms with Crippen molar-refractivity contribution in [3.8, 4) is 0 Å². The lowest BCUT2D eigenvalue weighted by Crippen LogP contribution is -2.36. The maximum Gasteiger partial charge on any atom is 0.250 e. The number of amides is 1. The molecule has 0 spiro atoms. The summed E-state index contributed by atoms with van der Waals surface area (Å²) in [5.74, 6) is -0.0921. The number of aromatic nitrogens is 1. The van der Waals surface area contributed by atoms with Gasteiger partial charge in [-0.1, -0.05) is 18.2 Å². The van der Waals surface area contributed by atoms with Crippen LogP contribution < -0.4 is 10.5 Å². The summed E-state index contributed by atoms with van der Waals surface area (Å²) in [6.07, 6.45) is 1.63. The van der Waals surface area contributed by atoms with Crippen molar-refractivity contribution in [1.82, 2.24) is 9.47 Å². The third-order valence-electron chi connectivity index (χ3n) is 4.36. The summed E-state index contributed by atoms with van der Waals surface area (Å²) < 4.78 is 6.79. The molecule has 3 rings (SSSR count). The number of benzene rings is 1. The molecule has 1 saturated heterocycles. The molecule has 25 heavy (non-hydrogen) atoms. The summed E-state index contributed by atoms with van der Waals surface area (Å²) in [6.45, 7) is 3.91. The first-order chi connectivity index (χ1) is 12.1. The quantitative estimate of drug-likeness (QED) is 0.824. The van der Waals surface area contributed by atoms with Gasteiger partial charge in [-0.05, 0) is 23.8 Å². The Morgan fingerprint density at radius 3 is 2.52 bits per heavy atom. The van der Waals surface area contributed by atoms with E-state index in [0.29, 0.717) is 6.54 Å². The van der Waals surface area contributed by atoms with E-state index in [2.05, 4.69) is 17.0 Å². The number of rotatable bonds is 5. The number of pyridine rings is 1. The van der Waals surface area contributed by atoms with E-state index < -0.39 is 0 Å². The van der Waals surface area contributed by atoms with Crippen molar-refractivity contribution in [2.75, 3.05) is 38.3 Å². The smallest absolute Gasteiger partial charge is 0.250 e. The standard InChI is InChI=1S/C19H23N3O3/c1-20(19(24)15-22-9-3-2-4-18(22)23)14-16-5-7-17(8-6-16)21-10-12-25-13-11-21/h2-9H,10-15H2,1H3. The number of likely N-dealkylation sites (N-methyl/N-ethyl adjacent to an activating group) is 1. The van der Waals surface area contributed by atoms with E-state index in [4.69, 9.17) is 4.74 Å². The first-order valence-corrected chi connectivity index (χ1v) is 8.44.